The lowest BCUT2D eigenvalue weighted by Gasteiger charge is -2.35. The van der Waals surface area contributed by atoms with Gasteiger partial charge in [-0.05, 0) is 85.5 Å². The number of anilines is 1. The number of piperidine rings is 2. The maximum absolute atomic E-state index is 13.2. The molecule has 0 radical (unpaired) electrons. The highest BCUT2D eigenvalue weighted by atomic mass is 16.2. The molecule has 2 saturated heterocycles. The van der Waals surface area contributed by atoms with Gasteiger partial charge in [0.05, 0.1) is 11.1 Å². The van der Waals surface area contributed by atoms with Gasteiger partial charge in [-0.15, -0.1) is 0 Å². The van der Waals surface area contributed by atoms with Gasteiger partial charge >= 0.3 is 0 Å². The molecule has 10 nitrogen and oxygen atoms in total. The van der Waals surface area contributed by atoms with Crippen LogP contribution in [0.15, 0.2) is 36.4 Å². The Morgan fingerprint density at radius 3 is 2.07 bits per heavy atom. The lowest BCUT2D eigenvalue weighted by atomic mass is 9.95. The fraction of sp³-hybridized carbons (Fsp3) is 0.500. The second-order valence-corrected chi connectivity index (χ2v) is 13.1. The molecule has 1 aliphatic carbocycles. The van der Waals surface area contributed by atoms with E-state index >= 15 is 0 Å². The number of nitrogens with one attached hydrogen (secondary N) is 2. The van der Waals surface area contributed by atoms with Crippen molar-refractivity contribution >= 4 is 35.2 Å². The highest BCUT2D eigenvalue weighted by Gasteiger charge is 2.45. The summed E-state index contributed by atoms with van der Waals surface area (Å²) in [5.41, 5.74) is 4.69. The summed E-state index contributed by atoms with van der Waals surface area (Å²) in [6.45, 7) is 4.34. The Hall–Kier alpha value is -4.05. The highest BCUT2D eigenvalue weighted by Crippen LogP contribution is 2.34. The van der Waals surface area contributed by atoms with Gasteiger partial charge < -0.3 is 10.2 Å². The summed E-state index contributed by atoms with van der Waals surface area (Å²) in [5, 5.41) is 5.45. The zero-order chi connectivity index (χ0) is 30.4. The monoisotopic (exact) mass is 597 g/mol. The molecule has 7 rings (SSSR count). The number of rotatable bonds is 6. The normalized spacial score (nSPS) is 23.1. The van der Waals surface area contributed by atoms with Crippen LogP contribution in [0.1, 0.15) is 100.0 Å². The molecule has 0 bridgehead atoms. The van der Waals surface area contributed by atoms with Crippen molar-refractivity contribution < 1.29 is 24.0 Å². The minimum Gasteiger partial charge on any atom is -0.372 e. The smallest absolute Gasteiger partial charge is 0.262 e. The first-order chi connectivity index (χ1) is 21.3. The summed E-state index contributed by atoms with van der Waals surface area (Å²) >= 11 is 0. The van der Waals surface area contributed by atoms with Gasteiger partial charge in [0.25, 0.3) is 17.7 Å². The number of hydrogen-bond acceptors (Lipinski definition) is 7. The first kappa shape index (κ1) is 28.7. The van der Waals surface area contributed by atoms with Crippen molar-refractivity contribution in [3.8, 4) is 0 Å². The van der Waals surface area contributed by atoms with Crippen molar-refractivity contribution in [1.82, 2.24) is 20.4 Å². The molecule has 230 valence electrons. The fourth-order valence-corrected chi connectivity index (χ4v) is 7.65. The van der Waals surface area contributed by atoms with E-state index in [1.807, 2.05) is 24.3 Å². The number of amides is 5. The standard InChI is InChI=1S/C34H39N5O5/c40-30-11-10-29(32(42)36-30)39-33(43)27-16-23-19-37(20-24(23)17-28(27)34(39)44)18-21-12-14-38(15-13-21)26-8-6-22(7-9-26)31(41)35-25-4-2-1-3-5-25/h6-9,16-17,21,25,29H,1-5,10-15,18-20H2,(H,35,41)(H,36,40,42). The number of carbonyl (C=O) groups is 5. The maximum atomic E-state index is 13.2. The van der Waals surface area contributed by atoms with Crippen LogP contribution in [0.25, 0.3) is 0 Å². The van der Waals surface area contributed by atoms with Gasteiger partial charge in [0.1, 0.15) is 6.04 Å². The van der Waals surface area contributed by atoms with Crippen LogP contribution in [0.3, 0.4) is 0 Å². The molecule has 44 heavy (non-hydrogen) atoms. The molecule has 0 spiro atoms. The third kappa shape index (κ3) is 5.51. The van der Waals surface area contributed by atoms with Crippen LogP contribution in [0, 0.1) is 5.92 Å². The molecular formula is C34H39N5O5. The number of nitrogens with zero attached hydrogens (tertiary/aromatic N) is 3. The van der Waals surface area contributed by atoms with Crippen molar-refractivity contribution in [2.75, 3.05) is 24.5 Å². The Morgan fingerprint density at radius 2 is 1.45 bits per heavy atom. The van der Waals surface area contributed by atoms with Crippen LogP contribution < -0.4 is 15.5 Å². The van der Waals surface area contributed by atoms with Crippen LogP contribution in [-0.2, 0) is 22.7 Å². The van der Waals surface area contributed by atoms with Gasteiger partial charge in [0.2, 0.25) is 11.8 Å². The molecular weight excluding hydrogens is 558 g/mol. The summed E-state index contributed by atoms with van der Waals surface area (Å²) in [5.74, 6) is -1.29. The van der Waals surface area contributed by atoms with E-state index in [2.05, 4.69) is 32.6 Å². The maximum Gasteiger partial charge on any atom is 0.262 e. The fourth-order valence-electron chi connectivity index (χ4n) is 7.65. The lowest BCUT2D eigenvalue weighted by Crippen LogP contribution is -2.54. The Bertz CT molecular complexity index is 1460. The predicted octanol–water partition coefficient (Wildman–Crippen LogP) is 3.38. The zero-order valence-corrected chi connectivity index (χ0v) is 25.0. The molecule has 0 aromatic heterocycles. The Morgan fingerprint density at radius 1 is 0.818 bits per heavy atom. The van der Waals surface area contributed by atoms with Gasteiger partial charge in [-0.3, -0.25) is 39.1 Å². The van der Waals surface area contributed by atoms with Crippen molar-refractivity contribution in [1.29, 1.82) is 0 Å². The Labute approximate surface area is 257 Å². The van der Waals surface area contributed by atoms with Crippen LogP contribution >= 0.6 is 0 Å². The van der Waals surface area contributed by atoms with Crippen LogP contribution in [0.2, 0.25) is 0 Å². The largest absolute Gasteiger partial charge is 0.372 e. The number of carbonyl (C=O) groups excluding carboxylic acids is 5. The highest BCUT2D eigenvalue weighted by molar-refractivity contribution is 6.23. The van der Waals surface area contributed by atoms with E-state index in [1.165, 1.54) is 19.3 Å². The molecule has 2 N–H and O–H groups in total. The number of imide groups is 2. The van der Waals surface area contributed by atoms with E-state index in [0.29, 0.717) is 23.1 Å². The van der Waals surface area contributed by atoms with E-state index in [-0.39, 0.29) is 24.7 Å². The van der Waals surface area contributed by atoms with Gasteiger partial charge in [0.15, 0.2) is 0 Å². The second kappa shape index (κ2) is 11.8. The second-order valence-electron chi connectivity index (χ2n) is 13.1. The van der Waals surface area contributed by atoms with E-state index in [9.17, 15) is 24.0 Å². The molecule has 2 aromatic carbocycles. The third-order valence-electron chi connectivity index (χ3n) is 10.1. The summed E-state index contributed by atoms with van der Waals surface area (Å²) in [6, 6.07) is 11.0. The average Bonchev–Trinajstić information content (AvgIpc) is 3.53. The molecule has 5 amide bonds. The van der Waals surface area contributed by atoms with Gasteiger partial charge in [-0.2, -0.15) is 0 Å². The Balaban J connectivity index is 0.915. The minimum absolute atomic E-state index is 0.0272. The minimum atomic E-state index is -0.944. The van der Waals surface area contributed by atoms with Crippen LogP contribution in [-0.4, -0.2) is 71.1 Å². The first-order valence-electron chi connectivity index (χ1n) is 16.1. The van der Waals surface area contributed by atoms with E-state index in [4.69, 9.17) is 0 Å². The van der Waals surface area contributed by atoms with Crippen LogP contribution in [0.5, 0.6) is 0 Å². The van der Waals surface area contributed by atoms with Crippen molar-refractivity contribution in [3.05, 3.63) is 64.2 Å². The molecule has 2 aromatic rings. The molecule has 4 aliphatic heterocycles. The number of hydrogen-bond donors (Lipinski definition) is 2. The summed E-state index contributed by atoms with van der Waals surface area (Å²) < 4.78 is 0. The van der Waals surface area contributed by atoms with Crippen molar-refractivity contribution in [3.63, 3.8) is 0 Å². The summed E-state index contributed by atoms with van der Waals surface area (Å²) in [6.07, 6.45) is 8.23. The van der Waals surface area contributed by atoms with Gasteiger partial charge in [-0.25, -0.2) is 0 Å². The molecule has 4 heterocycles. The third-order valence-corrected chi connectivity index (χ3v) is 10.1. The Kier molecular flexibility index (Phi) is 7.70. The van der Waals surface area contributed by atoms with E-state index in [1.54, 1.807) is 0 Å². The van der Waals surface area contributed by atoms with Crippen LogP contribution in [0.4, 0.5) is 5.69 Å². The van der Waals surface area contributed by atoms with E-state index in [0.717, 1.165) is 85.7 Å². The molecule has 1 unspecified atom stereocenters. The summed E-state index contributed by atoms with van der Waals surface area (Å²) in [4.78, 5) is 68.9. The number of fused-ring (bicyclic) bond motifs is 2. The molecule has 5 aliphatic rings. The van der Waals surface area contributed by atoms with Crippen molar-refractivity contribution in [2.24, 2.45) is 5.92 Å². The topological polar surface area (TPSA) is 119 Å². The molecule has 1 saturated carbocycles. The molecule has 1 atom stereocenters. The van der Waals surface area contributed by atoms with Gasteiger partial charge in [-0.1, -0.05) is 19.3 Å². The average molecular weight is 598 g/mol. The number of benzene rings is 2. The van der Waals surface area contributed by atoms with Gasteiger partial charge in [0, 0.05) is 56.4 Å². The first-order valence-corrected chi connectivity index (χ1v) is 16.1. The molecule has 10 heteroatoms. The van der Waals surface area contributed by atoms with E-state index < -0.39 is 23.8 Å². The SMILES string of the molecule is O=C1CCC(N2C(=O)c3cc4c(cc3C2=O)CN(CC2CCN(c3ccc(C(=O)NC5CCCCC5)cc3)CC2)C4)C(=O)N1. The van der Waals surface area contributed by atoms with Crippen molar-refractivity contribution in [2.45, 2.75) is 83.0 Å². The quantitative estimate of drug-likeness (QED) is 0.490. The summed E-state index contributed by atoms with van der Waals surface area (Å²) in [7, 11) is 0. The zero-order valence-electron chi connectivity index (χ0n) is 25.0. The molecule has 3 fully saturated rings. The predicted molar refractivity (Wildman–Crippen MR) is 163 cm³/mol. The lowest BCUT2D eigenvalue weighted by molar-refractivity contribution is -0.136.